The number of rotatable bonds is 6. The number of hydrogen-bond donors (Lipinski definition) is 0. The van der Waals surface area contributed by atoms with E-state index < -0.39 is 5.41 Å². The quantitative estimate of drug-likeness (QED) is 0.162. The molecule has 0 aliphatic heterocycles. The molecule has 1 spiro atoms. The van der Waals surface area contributed by atoms with Gasteiger partial charge in [0.1, 0.15) is 0 Å². The molecule has 0 saturated carbocycles. The Morgan fingerprint density at radius 1 is 0.286 bits per heavy atom. The van der Waals surface area contributed by atoms with Crippen LogP contribution in [0.5, 0.6) is 0 Å². The molecule has 10 aromatic carbocycles. The van der Waals surface area contributed by atoms with Crippen molar-refractivity contribution < 1.29 is 0 Å². The maximum Gasteiger partial charge on any atom is 0.0726 e. The fourth-order valence-corrected chi connectivity index (χ4v) is 12.1. The molecule has 0 fully saturated rings. The van der Waals surface area contributed by atoms with Crippen molar-refractivity contribution >= 4 is 48.6 Å². The summed E-state index contributed by atoms with van der Waals surface area (Å²) in [6.07, 6.45) is 0. The highest BCUT2D eigenvalue weighted by Gasteiger charge is 2.52. The second-order valence-electron chi connectivity index (χ2n) is 16.7. The number of nitrogens with zero attached hydrogens (tertiary/aromatic N) is 1. The summed E-state index contributed by atoms with van der Waals surface area (Å²) in [6, 6.07) is 87.8. The summed E-state index contributed by atoms with van der Waals surface area (Å²) in [5.74, 6) is 0. The Morgan fingerprint density at radius 2 is 0.746 bits per heavy atom. The molecule has 63 heavy (non-hydrogen) atoms. The van der Waals surface area contributed by atoms with Crippen molar-refractivity contribution in [1.29, 1.82) is 0 Å². The molecular weight excluding hydrogens is 779 g/mol. The predicted octanol–water partition coefficient (Wildman–Crippen LogP) is 16.9. The molecule has 11 aromatic rings. The number of anilines is 3. The largest absolute Gasteiger partial charge is 0.309 e. The van der Waals surface area contributed by atoms with Crippen molar-refractivity contribution in [3.05, 3.63) is 259 Å². The van der Waals surface area contributed by atoms with Crippen molar-refractivity contribution in [3.63, 3.8) is 0 Å². The Morgan fingerprint density at radius 3 is 1.48 bits per heavy atom. The normalized spacial score (nSPS) is 12.9. The smallest absolute Gasteiger partial charge is 0.0726 e. The van der Waals surface area contributed by atoms with Gasteiger partial charge in [-0.3, -0.25) is 0 Å². The summed E-state index contributed by atoms with van der Waals surface area (Å²) in [5, 5.41) is 2.60. The van der Waals surface area contributed by atoms with Crippen LogP contribution >= 0.6 is 11.3 Å². The minimum absolute atomic E-state index is 0.464. The zero-order valence-electron chi connectivity index (χ0n) is 34.4. The lowest BCUT2D eigenvalue weighted by Crippen LogP contribution is -2.26. The van der Waals surface area contributed by atoms with Crippen LogP contribution < -0.4 is 4.90 Å². The molecule has 0 atom stereocenters. The minimum Gasteiger partial charge on any atom is -0.309 e. The van der Waals surface area contributed by atoms with Gasteiger partial charge >= 0.3 is 0 Å². The van der Waals surface area contributed by atoms with Gasteiger partial charge in [0, 0.05) is 36.9 Å². The highest BCUT2D eigenvalue weighted by Crippen LogP contribution is 2.65. The first kappa shape index (κ1) is 35.9. The standard InChI is InChI=1S/C61H39NS/c1-2-18-40(19-3-1)41-36-38-42(39-37-41)43-20-7-13-31-54(43)62(55-32-14-8-23-46(55)47-26-16-35-58-59(47)49-25-9-15-34-57(49)63-58)56-33-17-30-53-60(56)48-24-6-12-29-52(48)61(53)50-27-10-4-21-44(50)45-22-5-11-28-51(45)61/h1-39H. The molecule has 0 unspecified atom stereocenters. The van der Waals surface area contributed by atoms with E-state index in [4.69, 9.17) is 0 Å². The number of fused-ring (bicyclic) bond motifs is 13. The highest BCUT2D eigenvalue weighted by molar-refractivity contribution is 7.25. The van der Waals surface area contributed by atoms with E-state index in [1.807, 2.05) is 11.3 Å². The second kappa shape index (κ2) is 14.1. The predicted molar refractivity (Wildman–Crippen MR) is 267 cm³/mol. The molecule has 2 heteroatoms. The molecule has 0 radical (unpaired) electrons. The summed E-state index contributed by atoms with van der Waals surface area (Å²) in [7, 11) is 0. The Kier molecular flexibility index (Phi) is 8.06. The van der Waals surface area contributed by atoms with Crippen molar-refractivity contribution in [2.45, 2.75) is 5.41 Å². The van der Waals surface area contributed by atoms with E-state index >= 15 is 0 Å². The summed E-state index contributed by atoms with van der Waals surface area (Å²) in [6.45, 7) is 0. The molecule has 2 aliphatic carbocycles. The molecule has 1 heterocycles. The third-order valence-corrected chi connectivity index (χ3v) is 14.7. The van der Waals surface area contributed by atoms with E-state index in [-0.39, 0.29) is 0 Å². The molecule has 294 valence electrons. The van der Waals surface area contributed by atoms with E-state index in [2.05, 4.69) is 241 Å². The summed E-state index contributed by atoms with van der Waals surface area (Å²) in [4.78, 5) is 2.57. The maximum atomic E-state index is 2.57. The lowest BCUT2D eigenvalue weighted by molar-refractivity contribution is 0.794. The average Bonchev–Trinajstić information content (AvgIpc) is 4.00. The third kappa shape index (κ3) is 5.22. The third-order valence-electron chi connectivity index (χ3n) is 13.5. The molecule has 1 aromatic heterocycles. The molecule has 13 rings (SSSR count). The summed E-state index contributed by atoms with van der Waals surface area (Å²) < 4.78 is 2.60. The van der Waals surface area contributed by atoms with Gasteiger partial charge in [-0.05, 0) is 91.5 Å². The van der Waals surface area contributed by atoms with Gasteiger partial charge in [0.25, 0.3) is 0 Å². The van der Waals surface area contributed by atoms with Gasteiger partial charge < -0.3 is 4.90 Å². The van der Waals surface area contributed by atoms with E-state index in [1.165, 1.54) is 98.1 Å². The molecule has 0 N–H and O–H groups in total. The van der Waals surface area contributed by atoms with Crippen LogP contribution in [0.25, 0.3) is 75.8 Å². The second-order valence-corrected chi connectivity index (χ2v) is 17.8. The van der Waals surface area contributed by atoms with Crippen molar-refractivity contribution in [2.75, 3.05) is 4.90 Å². The van der Waals surface area contributed by atoms with Crippen LogP contribution in [-0.4, -0.2) is 0 Å². The number of para-hydroxylation sites is 2. The molecule has 0 amide bonds. The van der Waals surface area contributed by atoms with E-state index in [1.54, 1.807) is 0 Å². The zero-order valence-corrected chi connectivity index (χ0v) is 35.2. The van der Waals surface area contributed by atoms with Gasteiger partial charge in [-0.25, -0.2) is 0 Å². The fourth-order valence-electron chi connectivity index (χ4n) is 11.0. The van der Waals surface area contributed by atoms with Crippen LogP contribution in [0.2, 0.25) is 0 Å². The SMILES string of the molecule is c1ccc(-c2ccc(-c3ccccc3N(c3ccccc3-c3cccc4sc5ccccc5c34)c3cccc4c3-c3ccccc3C43c4ccccc4-c4ccccc43)cc2)cc1. The number of thiophene rings is 1. The van der Waals surface area contributed by atoms with Crippen LogP contribution in [0.1, 0.15) is 22.3 Å². The number of benzene rings is 10. The Bertz CT molecular complexity index is 3530. The molecular formula is C61H39NS. The van der Waals surface area contributed by atoms with E-state index in [0.29, 0.717) is 0 Å². The first-order valence-corrected chi connectivity index (χ1v) is 22.6. The minimum atomic E-state index is -0.464. The van der Waals surface area contributed by atoms with Crippen LogP contribution in [0.3, 0.4) is 0 Å². The summed E-state index contributed by atoms with van der Waals surface area (Å²) in [5.41, 5.74) is 20.6. The number of hydrogen-bond acceptors (Lipinski definition) is 2. The lowest BCUT2D eigenvalue weighted by atomic mass is 9.70. The first-order valence-electron chi connectivity index (χ1n) is 21.8. The maximum absolute atomic E-state index is 2.57. The van der Waals surface area contributed by atoms with Crippen LogP contribution in [0, 0.1) is 0 Å². The van der Waals surface area contributed by atoms with Gasteiger partial charge in [-0.2, -0.15) is 0 Å². The molecule has 2 aliphatic rings. The molecule has 0 saturated heterocycles. The average molecular weight is 818 g/mol. The topological polar surface area (TPSA) is 3.24 Å². The van der Waals surface area contributed by atoms with Crippen molar-refractivity contribution in [3.8, 4) is 55.6 Å². The monoisotopic (exact) mass is 817 g/mol. The fraction of sp³-hybridized carbons (Fsp3) is 0.0164. The first-order chi connectivity index (χ1) is 31.3. The van der Waals surface area contributed by atoms with Gasteiger partial charge in [0.2, 0.25) is 0 Å². The van der Waals surface area contributed by atoms with E-state index in [9.17, 15) is 0 Å². The van der Waals surface area contributed by atoms with Gasteiger partial charge in [-0.15, -0.1) is 11.3 Å². The van der Waals surface area contributed by atoms with Gasteiger partial charge in [0.05, 0.1) is 22.5 Å². The molecule has 1 nitrogen and oxygen atoms in total. The highest BCUT2D eigenvalue weighted by atomic mass is 32.1. The van der Waals surface area contributed by atoms with Crippen LogP contribution in [0.4, 0.5) is 17.1 Å². The van der Waals surface area contributed by atoms with Gasteiger partial charge in [-0.1, -0.05) is 206 Å². The van der Waals surface area contributed by atoms with Crippen LogP contribution in [-0.2, 0) is 5.41 Å². The molecule has 0 bridgehead atoms. The van der Waals surface area contributed by atoms with E-state index in [0.717, 1.165) is 17.1 Å². The van der Waals surface area contributed by atoms with Crippen molar-refractivity contribution in [1.82, 2.24) is 0 Å². The zero-order chi connectivity index (χ0) is 41.5. The summed E-state index contributed by atoms with van der Waals surface area (Å²) >= 11 is 1.87. The Balaban J connectivity index is 1.11. The Hall–Kier alpha value is -7.78. The lowest BCUT2D eigenvalue weighted by Gasteiger charge is -2.33. The van der Waals surface area contributed by atoms with Gasteiger partial charge in [0.15, 0.2) is 0 Å². The Labute approximate surface area is 371 Å². The van der Waals surface area contributed by atoms with Crippen molar-refractivity contribution in [2.24, 2.45) is 0 Å². The van der Waals surface area contributed by atoms with Crippen LogP contribution in [0.15, 0.2) is 237 Å².